The van der Waals surface area contributed by atoms with Gasteiger partial charge in [-0.1, -0.05) is 12.1 Å². The number of amides is 1. The van der Waals surface area contributed by atoms with Crippen molar-refractivity contribution in [2.75, 3.05) is 13.7 Å². The van der Waals surface area contributed by atoms with Gasteiger partial charge in [0.1, 0.15) is 11.5 Å². The van der Waals surface area contributed by atoms with Gasteiger partial charge in [-0.05, 0) is 56.2 Å². The average Bonchev–Trinajstić information content (AvgIpc) is 3.15. The minimum Gasteiger partial charge on any atom is -0.497 e. The van der Waals surface area contributed by atoms with E-state index in [4.69, 9.17) is 4.74 Å². The molecule has 4 heteroatoms. The van der Waals surface area contributed by atoms with Gasteiger partial charge in [0.2, 0.25) is 5.91 Å². The Hall–Kier alpha value is -1.84. The zero-order valence-electron chi connectivity index (χ0n) is 14.2. The van der Waals surface area contributed by atoms with Crippen molar-refractivity contribution >= 4 is 11.7 Å². The Labute approximate surface area is 143 Å². The molecule has 4 nitrogen and oxygen atoms in total. The quantitative estimate of drug-likeness (QED) is 0.855. The van der Waals surface area contributed by atoms with Crippen molar-refractivity contribution in [2.24, 2.45) is 17.8 Å². The standard InChI is InChI=1S/C20H25NO3/c1-24-17-8-6-13(7-9-17)18-3-2-10-21(18)20(23)16-11-14-4-5-15(12-16)19(14)22/h6-9,14-16,18H,2-5,10-12H2,1H3. The third-order valence-corrected chi connectivity index (χ3v) is 6.19. The molecule has 3 aliphatic rings. The zero-order valence-corrected chi connectivity index (χ0v) is 14.2. The molecule has 1 aromatic rings. The highest BCUT2D eigenvalue weighted by molar-refractivity contribution is 5.89. The van der Waals surface area contributed by atoms with Crippen LogP contribution in [0.5, 0.6) is 5.75 Å². The first-order valence-corrected chi connectivity index (χ1v) is 9.15. The van der Waals surface area contributed by atoms with Crippen LogP contribution in [0.25, 0.3) is 0 Å². The minimum atomic E-state index is 0.0547. The fourth-order valence-electron chi connectivity index (χ4n) is 4.91. The normalized spacial score (nSPS) is 32.2. The van der Waals surface area contributed by atoms with Crippen molar-refractivity contribution in [3.05, 3.63) is 29.8 Å². The summed E-state index contributed by atoms with van der Waals surface area (Å²) in [4.78, 5) is 27.3. The van der Waals surface area contributed by atoms with E-state index in [9.17, 15) is 9.59 Å². The molecule has 0 radical (unpaired) electrons. The van der Waals surface area contributed by atoms with Crippen LogP contribution in [0.2, 0.25) is 0 Å². The number of carbonyl (C=O) groups excluding carboxylic acids is 2. The molecule has 3 unspecified atom stereocenters. The first-order valence-electron chi connectivity index (χ1n) is 9.15. The van der Waals surface area contributed by atoms with E-state index in [1.54, 1.807) is 7.11 Å². The van der Waals surface area contributed by atoms with E-state index in [2.05, 4.69) is 17.0 Å². The van der Waals surface area contributed by atoms with Gasteiger partial charge < -0.3 is 9.64 Å². The molecule has 24 heavy (non-hydrogen) atoms. The summed E-state index contributed by atoms with van der Waals surface area (Å²) in [6.45, 7) is 0.843. The van der Waals surface area contributed by atoms with E-state index in [0.717, 1.165) is 50.8 Å². The SMILES string of the molecule is COc1ccc(C2CCCN2C(=O)C2CC3CCC(C2)C3=O)cc1. The van der Waals surface area contributed by atoms with Gasteiger partial charge in [0.15, 0.2) is 0 Å². The van der Waals surface area contributed by atoms with Gasteiger partial charge in [-0.15, -0.1) is 0 Å². The molecular formula is C20H25NO3. The summed E-state index contributed by atoms with van der Waals surface area (Å²) in [6, 6.07) is 8.26. The van der Waals surface area contributed by atoms with Crippen LogP contribution in [-0.4, -0.2) is 30.2 Å². The van der Waals surface area contributed by atoms with Gasteiger partial charge in [-0.2, -0.15) is 0 Å². The monoisotopic (exact) mass is 327 g/mol. The summed E-state index contributed by atoms with van der Waals surface area (Å²) < 4.78 is 5.23. The molecule has 0 N–H and O–H groups in total. The highest BCUT2D eigenvalue weighted by Crippen LogP contribution is 2.44. The number of benzene rings is 1. The fraction of sp³-hybridized carbons (Fsp3) is 0.600. The van der Waals surface area contributed by atoms with Crippen LogP contribution in [0.4, 0.5) is 0 Å². The number of rotatable bonds is 3. The number of hydrogen-bond acceptors (Lipinski definition) is 3. The first kappa shape index (κ1) is 15.7. The number of ketones is 1. The predicted molar refractivity (Wildman–Crippen MR) is 90.6 cm³/mol. The Morgan fingerprint density at radius 2 is 1.75 bits per heavy atom. The van der Waals surface area contributed by atoms with Gasteiger partial charge in [0, 0.05) is 24.3 Å². The maximum absolute atomic E-state index is 13.1. The van der Waals surface area contributed by atoms with Crippen molar-refractivity contribution in [3.8, 4) is 5.75 Å². The maximum Gasteiger partial charge on any atom is 0.226 e. The summed E-state index contributed by atoms with van der Waals surface area (Å²) >= 11 is 0. The zero-order chi connectivity index (χ0) is 16.7. The number of likely N-dealkylation sites (tertiary alicyclic amines) is 1. The third-order valence-electron chi connectivity index (χ3n) is 6.19. The molecule has 128 valence electrons. The molecule has 0 spiro atoms. The molecule has 0 aromatic heterocycles. The predicted octanol–water partition coefficient (Wildman–Crippen LogP) is 3.36. The van der Waals surface area contributed by atoms with Crippen LogP contribution in [0.15, 0.2) is 24.3 Å². The van der Waals surface area contributed by atoms with Gasteiger partial charge in [0.05, 0.1) is 13.2 Å². The Morgan fingerprint density at radius 1 is 1.08 bits per heavy atom. The summed E-state index contributed by atoms with van der Waals surface area (Å²) in [5.41, 5.74) is 1.19. The average molecular weight is 327 g/mol. The Bertz CT molecular complexity index is 623. The molecule has 1 aromatic carbocycles. The minimum absolute atomic E-state index is 0.0547. The molecule has 4 rings (SSSR count). The lowest BCUT2D eigenvalue weighted by atomic mass is 9.79. The molecule has 1 heterocycles. The van der Waals surface area contributed by atoms with Gasteiger partial charge >= 0.3 is 0 Å². The highest BCUT2D eigenvalue weighted by atomic mass is 16.5. The first-order chi connectivity index (χ1) is 11.7. The van der Waals surface area contributed by atoms with Gasteiger partial charge in [0.25, 0.3) is 0 Å². The van der Waals surface area contributed by atoms with Crippen LogP contribution in [0.1, 0.15) is 50.1 Å². The van der Waals surface area contributed by atoms with Gasteiger partial charge in [-0.25, -0.2) is 0 Å². The second-order valence-electron chi connectivity index (χ2n) is 7.50. The molecule has 3 atom stereocenters. The van der Waals surface area contributed by atoms with Crippen molar-refractivity contribution in [1.82, 2.24) is 4.90 Å². The molecule has 1 amide bonds. The van der Waals surface area contributed by atoms with E-state index in [-0.39, 0.29) is 29.7 Å². The van der Waals surface area contributed by atoms with Crippen LogP contribution in [0.3, 0.4) is 0 Å². The second kappa shape index (κ2) is 6.23. The Kier molecular flexibility index (Phi) is 4.07. The van der Waals surface area contributed by atoms with Crippen LogP contribution in [-0.2, 0) is 9.59 Å². The maximum atomic E-state index is 13.1. The molecule has 2 bridgehead atoms. The lowest BCUT2D eigenvalue weighted by Crippen LogP contribution is -2.40. The lowest BCUT2D eigenvalue weighted by Gasteiger charge is -2.32. The fourth-order valence-corrected chi connectivity index (χ4v) is 4.91. The highest BCUT2D eigenvalue weighted by Gasteiger charge is 2.45. The summed E-state index contributed by atoms with van der Waals surface area (Å²) in [6.07, 6.45) is 5.63. The number of Topliss-reactive ketones (excluding diaryl/α,β-unsaturated/α-hetero) is 1. The van der Waals surface area contributed by atoms with Crippen molar-refractivity contribution in [3.63, 3.8) is 0 Å². The van der Waals surface area contributed by atoms with Gasteiger partial charge in [-0.3, -0.25) is 9.59 Å². The largest absolute Gasteiger partial charge is 0.497 e. The Balaban J connectivity index is 1.50. The van der Waals surface area contributed by atoms with Crippen LogP contribution in [0, 0.1) is 17.8 Å². The van der Waals surface area contributed by atoms with Crippen LogP contribution >= 0.6 is 0 Å². The Morgan fingerprint density at radius 3 is 2.38 bits per heavy atom. The summed E-state index contributed by atoms with van der Waals surface area (Å²) in [5, 5.41) is 0. The molecule has 1 aliphatic heterocycles. The van der Waals surface area contributed by atoms with Crippen molar-refractivity contribution in [1.29, 1.82) is 0 Å². The third kappa shape index (κ3) is 2.62. The number of methoxy groups -OCH3 is 1. The van der Waals surface area contributed by atoms with E-state index in [1.807, 2.05) is 12.1 Å². The van der Waals surface area contributed by atoms with E-state index in [1.165, 1.54) is 5.56 Å². The van der Waals surface area contributed by atoms with Crippen molar-refractivity contribution in [2.45, 2.75) is 44.6 Å². The number of hydrogen-bond donors (Lipinski definition) is 0. The molecular weight excluding hydrogens is 302 g/mol. The van der Waals surface area contributed by atoms with E-state index >= 15 is 0 Å². The van der Waals surface area contributed by atoms with Crippen molar-refractivity contribution < 1.29 is 14.3 Å². The van der Waals surface area contributed by atoms with Crippen LogP contribution < -0.4 is 4.74 Å². The number of carbonyl (C=O) groups is 2. The molecule has 2 aliphatic carbocycles. The lowest BCUT2D eigenvalue weighted by molar-refractivity contribution is -0.140. The number of fused-ring (bicyclic) bond motifs is 2. The van der Waals surface area contributed by atoms with E-state index < -0.39 is 0 Å². The molecule has 3 fully saturated rings. The summed E-state index contributed by atoms with van der Waals surface area (Å²) in [5.74, 6) is 1.90. The smallest absolute Gasteiger partial charge is 0.226 e. The summed E-state index contributed by atoms with van der Waals surface area (Å²) in [7, 11) is 1.67. The second-order valence-corrected chi connectivity index (χ2v) is 7.50. The molecule has 2 saturated carbocycles. The molecule has 1 saturated heterocycles. The van der Waals surface area contributed by atoms with E-state index in [0.29, 0.717) is 5.78 Å². The number of nitrogens with zero attached hydrogens (tertiary/aromatic N) is 1. The number of ether oxygens (including phenoxy) is 1. The topological polar surface area (TPSA) is 46.6 Å².